The van der Waals surface area contributed by atoms with E-state index in [0.717, 1.165) is 26.1 Å². The van der Waals surface area contributed by atoms with E-state index in [1.807, 2.05) is 0 Å². The zero-order valence-corrected chi connectivity index (χ0v) is 12.0. The molecule has 0 radical (unpaired) electrons. The summed E-state index contributed by atoms with van der Waals surface area (Å²) in [5.41, 5.74) is 6.22. The van der Waals surface area contributed by atoms with E-state index in [0.29, 0.717) is 6.42 Å². The van der Waals surface area contributed by atoms with Crippen molar-refractivity contribution in [1.82, 2.24) is 10.2 Å². The fourth-order valence-corrected chi connectivity index (χ4v) is 3.08. The highest BCUT2D eigenvalue weighted by Gasteiger charge is 2.36. The molecule has 4 nitrogen and oxygen atoms in total. The molecule has 0 spiro atoms. The van der Waals surface area contributed by atoms with Crippen LogP contribution in [0.2, 0.25) is 0 Å². The molecule has 0 unspecified atom stereocenters. The average Bonchev–Trinajstić information content (AvgIpc) is 2.43. The van der Waals surface area contributed by atoms with Crippen LogP contribution in [-0.4, -0.2) is 43.0 Å². The Hall–Kier alpha value is -0.610. The van der Waals surface area contributed by atoms with E-state index in [1.54, 1.807) is 7.05 Å². The van der Waals surface area contributed by atoms with Gasteiger partial charge in [0.25, 0.3) is 0 Å². The lowest BCUT2D eigenvalue weighted by Crippen LogP contribution is -2.55. The Morgan fingerprint density at radius 2 is 1.94 bits per heavy atom. The SMILES string of the molecule is CCCN(CCC(=O)NC)C1(CN)CCCCC1. The second-order valence-corrected chi connectivity index (χ2v) is 5.40. The van der Waals surface area contributed by atoms with Gasteiger partial charge in [0.1, 0.15) is 0 Å². The summed E-state index contributed by atoms with van der Waals surface area (Å²) >= 11 is 0. The third-order valence-corrected chi connectivity index (χ3v) is 4.22. The van der Waals surface area contributed by atoms with E-state index in [9.17, 15) is 4.79 Å². The maximum absolute atomic E-state index is 11.4. The smallest absolute Gasteiger partial charge is 0.221 e. The highest BCUT2D eigenvalue weighted by Crippen LogP contribution is 2.33. The van der Waals surface area contributed by atoms with Crippen molar-refractivity contribution in [2.75, 3.05) is 26.7 Å². The number of amides is 1. The molecule has 1 aliphatic rings. The van der Waals surface area contributed by atoms with E-state index in [-0.39, 0.29) is 11.4 Å². The Morgan fingerprint density at radius 3 is 2.44 bits per heavy atom. The number of rotatable bonds is 7. The van der Waals surface area contributed by atoms with Gasteiger partial charge in [-0.15, -0.1) is 0 Å². The number of carbonyl (C=O) groups excluding carboxylic acids is 1. The predicted octanol–water partition coefficient (Wildman–Crippen LogP) is 1.50. The zero-order valence-electron chi connectivity index (χ0n) is 12.0. The second kappa shape index (κ2) is 7.74. The van der Waals surface area contributed by atoms with Crippen molar-refractivity contribution in [3.63, 3.8) is 0 Å². The first-order chi connectivity index (χ1) is 8.68. The van der Waals surface area contributed by atoms with Gasteiger partial charge in [0.05, 0.1) is 0 Å². The van der Waals surface area contributed by atoms with E-state index in [1.165, 1.54) is 32.1 Å². The Kier molecular flexibility index (Phi) is 6.65. The van der Waals surface area contributed by atoms with Crippen LogP contribution in [-0.2, 0) is 4.79 Å². The van der Waals surface area contributed by atoms with Crippen LogP contribution in [0.3, 0.4) is 0 Å². The van der Waals surface area contributed by atoms with E-state index in [4.69, 9.17) is 5.73 Å². The van der Waals surface area contributed by atoms with Gasteiger partial charge >= 0.3 is 0 Å². The molecule has 1 saturated carbocycles. The number of nitrogens with two attached hydrogens (primary N) is 1. The third kappa shape index (κ3) is 3.95. The summed E-state index contributed by atoms with van der Waals surface area (Å²) in [7, 11) is 1.70. The zero-order chi connectivity index (χ0) is 13.4. The monoisotopic (exact) mass is 255 g/mol. The largest absolute Gasteiger partial charge is 0.359 e. The molecule has 1 amide bonds. The Morgan fingerprint density at radius 1 is 1.28 bits per heavy atom. The summed E-state index contributed by atoms with van der Waals surface area (Å²) in [6, 6.07) is 0. The molecule has 1 rings (SSSR count). The molecule has 0 saturated heterocycles. The molecule has 0 heterocycles. The fourth-order valence-electron chi connectivity index (χ4n) is 3.08. The molecule has 0 aromatic heterocycles. The van der Waals surface area contributed by atoms with Crippen LogP contribution >= 0.6 is 0 Å². The molecule has 0 aliphatic heterocycles. The van der Waals surface area contributed by atoms with Gasteiger partial charge in [-0.1, -0.05) is 26.2 Å². The van der Waals surface area contributed by atoms with Gasteiger partial charge in [-0.2, -0.15) is 0 Å². The highest BCUT2D eigenvalue weighted by molar-refractivity contribution is 5.75. The van der Waals surface area contributed by atoms with Crippen LogP contribution in [0.4, 0.5) is 0 Å². The van der Waals surface area contributed by atoms with Gasteiger partial charge in [0.15, 0.2) is 0 Å². The normalized spacial score (nSPS) is 18.9. The lowest BCUT2D eigenvalue weighted by Gasteiger charge is -2.46. The molecule has 3 N–H and O–H groups in total. The van der Waals surface area contributed by atoms with Crippen molar-refractivity contribution in [2.24, 2.45) is 5.73 Å². The second-order valence-electron chi connectivity index (χ2n) is 5.40. The maximum Gasteiger partial charge on any atom is 0.221 e. The lowest BCUT2D eigenvalue weighted by atomic mass is 9.80. The first-order valence-corrected chi connectivity index (χ1v) is 7.34. The quantitative estimate of drug-likeness (QED) is 0.725. The van der Waals surface area contributed by atoms with Crippen LogP contribution in [0.5, 0.6) is 0 Å². The molecule has 18 heavy (non-hydrogen) atoms. The van der Waals surface area contributed by atoms with E-state index < -0.39 is 0 Å². The van der Waals surface area contributed by atoms with Crippen LogP contribution in [0.25, 0.3) is 0 Å². The molecule has 1 fully saturated rings. The number of carbonyl (C=O) groups is 1. The average molecular weight is 255 g/mol. The minimum atomic E-state index is 0.124. The molecular weight excluding hydrogens is 226 g/mol. The Bertz CT molecular complexity index is 249. The molecule has 4 heteroatoms. The van der Waals surface area contributed by atoms with Gasteiger partial charge in [-0.25, -0.2) is 0 Å². The van der Waals surface area contributed by atoms with Gasteiger partial charge in [0, 0.05) is 32.1 Å². The standard InChI is InChI=1S/C14H29N3O/c1-3-10-17(11-7-13(18)16-2)14(12-15)8-5-4-6-9-14/h3-12,15H2,1-2H3,(H,16,18). The molecule has 0 bridgehead atoms. The van der Waals surface area contributed by atoms with Crippen molar-refractivity contribution in [3.05, 3.63) is 0 Å². The van der Waals surface area contributed by atoms with Gasteiger partial charge < -0.3 is 11.1 Å². The number of hydrogen-bond acceptors (Lipinski definition) is 3. The van der Waals surface area contributed by atoms with Crippen molar-refractivity contribution < 1.29 is 4.79 Å². The van der Waals surface area contributed by atoms with Crippen LogP contribution in [0.1, 0.15) is 51.9 Å². The highest BCUT2D eigenvalue weighted by atomic mass is 16.1. The summed E-state index contributed by atoms with van der Waals surface area (Å²) in [6.07, 6.45) is 7.97. The summed E-state index contributed by atoms with van der Waals surface area (Å²) in [5.74, 6) is 0.124. The van der Waals surface area contributed by atoms with Crippen LogP contribution in [0.15, 0.2) is 0 Å². The summed E-state index contributed by atoms with van der Waals surface area (Å²) in [5, 5.41) is 2.70. The first-order valence-electron chi connectivity index (χ1n) is 7.34. The topological polar surface area (TPSA) is 58.4 Å². The first kappa shape index (κ1) is 15.4. The fraction of sp³-hybridized carbons (Fsp3) is 0.929. The molecular formula is C14H29N3O. The minimum Gasteiger partial charge on any atom is -0.359 e. The minimum absolute atomic E-state index is 0.124. The van der Waals surface area contributed by atoms with Crippen molar-refractivity contribution >= 4 is 5.91 Å². The van der Waals surface area contributed by atoms with Gasteiger partial charge in [-0.3, -0.25) is 9.69 Å². The van der Waals surface area contributed by atoms with Crippen molar-refractivity contribution in [1.29, 1.82) is 0 Å². The lowest BCUT2D eigenvalue weighted by molar-refractivity contribution is -0.121. The maximum atomic E-state index is 11.4. The third-order valence-electron chi connectivity index (χ3n) is 4.22. The Balaban J connectivity index is 2.64. The van der Waals surface area contributed by atoms with E-state index >= 15 is 0 Å². The van der Waals surface area contributed by atoms with Gasteiger partial charge in [0.2, 0.25) is 5.91 Å². The molecule has 1 aliphatic carbocycles. The summed E-state index contributed by atoms with van der Waals surface area (Å²) in [4.78, 5) is 13.9. The molecule has 0 aromatic rings. The van der Waals surface area contributed by atoms with Gasteiger partial charge in [-0.05, 0) is 25.8 Å². The van der Waals surface area contributed by atoms with E-state index in [2.05, 4.69) is 17.1 Å². The number of nitrogens with zero attached hydrogens (tertiary/aromatic N) is 1. The molecule has 0 atom stereocenters. The summed E-state index contributed by atoms with van der Waals surface area (Å²) in [6.45, 7) is 4.81. The number of nitrogens with one attached hydrogen (secondary N) is 1. The summed E-state index contributed by atoms with van der Waals surface area (Å²) < 4.78 is 0. The van der Waals surface area contributed by atoms with Crippen molar-refractivity contribution in [2.45, 2.75) is 57.4 Å². The molecule has 106 valence electrons. The Labute approximate surface area is 111 Å². The van der Waals surface area contributed by atoms with Crippen LogP contribution < -0.4 is 11.1 Å². The number of hydrogen-bond donors (Lipinski definition) is 2. The van der Waals surface area contributed by atoms with Crippen molar-refractivity contribution in [3.8, 4) is 0 Å². The molecule has 0 aromatic carbocycles. The predicted molar refractivity (Wildman–Crippen MR) is 75.4 cm³/mol. The van der Waals surface area contributed by atoms with Crippen LogP contribution in [0, 0.1) is 0 Å².